The third kappa shape index (κ3) is 4.42. The molecule has 146 valence electrons. The molecule has 3 fully saturated rings. The van der Waals surface area contributed by atoms with E-state index < -0.39 is 0 Å². The second kappa shape index (κ2) is 9.19. The molecular weight excluding hydrogens is 429 g/mol. The summed E-state index contributed by atoms with van der Waals surface area (Å²) < 4.78 is 5.95. The minimum Gasteiger partial charge on any atom is -0.378 e. The molecule has 3 aliphatic rings. The van der Waals surface area contributed by atoms with Crippen LogP contribution in [0.1, 0.15) is 32.6 Å². The molecule has 1 heterocycles. The average molecular weight is 465 g/mol. The number of ether oxygens (including phenoxy) is 1. The standard InChI is InChI=1S/C18H35N5O.HI/c1-5-24-16-11-15(18(16)7-6-8-18)21-17(19-2)20-12-14-13-22(3)9-10-23(14)4;/h14-16H,5-13H2,1-4H3,(H2,19,20,21);1H. The quantitative estimate of drug-likeness (QED) is 0.365. The van der Waals surface area contributed by atoms with Gasteiger partial charge in [-0.3, -0.25) is 9.89 Å². The van der Waals surface area contributed by atoms with Crippen LogP contribution in [0.4, 0.5) is 0 Å². The Morgan fingerprint density at radius 1 is 1.28 bits per heavy atom. The van der Waals surface area contributed by atoms with Crippen molar-refractivity contribution < 1.29 is 4.74 Å². The molecule has 0 bridgehead atoms. The van der Waals surface area contributed by atoms with Crippen molar-refractivity contribution in [1.29, 1.82) is 0 Å². The largest absolute Gasteiger partial charge is 0.378 e. The van der Waals surface area contributed by atoms with Crippen LogP contribution in [0, 0.1) is 5.41 Å². The molecule has 0 aromatic heterocycles. The van der Waals surface area contributed by atoms with Gasteiger partial charge in [0.15, 0.2) is 5.96 Å². The van der Waals surface area contributed by atoms with Gasteiger partial charge in [0.2, 0.25) is 0 Å². The Bertz CT molecular complexity index is 457. The van der Waals surface area contributed by atoms with Crippen molar-refractivity contribution in [3.63, 3.8) is 0 Å². The van der Waals surface area contributed by atoms with Crippen LogP contribution in [0.25, 0.3) is 0 Å². The summed E-state index contributed by atoms with van der Waals surface area (Å²) in [7, 11) is 6.30. The molecule has 3 unspecified atom stereocenters. The predicted molar refractivity (Wildman–Crippen MR) is 114 cm³/mol. The summed E-state index contributed by atoms with van der Waals surface area (Å²) in [6.45, 7) is 7.27. The zero-order chi connectivity index (χ0) is 17.2. The van der Waals surface area contributed by atoms with Crippen LogP contribution < -0.4 is 10.6 Å². The molecule has 1 saturated heterocycles. The highest BCUT2D eigenvalue weighted by molar-refractivity contribution is 14.0. The molecule has 2 aliphatic carbocycles. The first kappa shape index (κ1) is 21.2. The summed E-state index contributed by atoms with van der Waals surface area (Å²) in [5.41, 5.74) is 0.371. The topological polar surface area (TPSA) is 52.1 Å². The summed E-state index contributed by atoms with van der Waals surface area (Å²) in [6, 6.07) is 1.05. The maximum Gasteiger partial charge on any atom is 0.191 e. The van der Waals surface area contributed by atoms with Crippen molar-refractivity contribution in [2.24, 2.45) is 10.4 Å². The van der Waals surface area contributed by atoms with Crippen molar-refractivity contribution in [3.8, 4) is 0 Å². The lowest BCUT2D eigenvalue weighted by Crippen LogP contribution is -2.69. The molecule has 3 rings (SSSR count). The smallest absolute Gasteiger partial charge is 0.191 e. The van der Waals surface area contributed by atoms with Gasteiger partial charge in [-0.25, -0.2) is 0 Å². The highest BCUT2D eigenvalue weighted by Gasteiger charge is 2.59. The fraction of sp³-hybridized carbons (Fsp3) is 0.944. The van der Waals surface area contributed by atoms with E-state index in [2.05, 4.69) is 46.4 Å². The van der Waals surface area contributed by atoms with Gasteiger partial charge in [-0.05, 0) is 40.3 Å². The monoisotopic (exact) mass is 465 g/mol. The third-order valence-electron chi connectivity index (χ3n) is 6.46. The molecule has 2 N–H and O–H groups in total. The molecule has 2 saturated carbocycles. The lowest BCUT2D eigenvalue weighted by Gasteiger charge is -2.61. The lowest BCUT2D eigenvalue weighted by molar-refractivity contribution is -0.168. The van der Waals surface area contributed by atoms with E-state index in [1.54, 1.807) is 0 Å². The first-order chi connectivity index (χ1) is 11.6. The number of likely N-dealkylation sites (N-methyl/N-ethyl adjacent to an activating group) is 2. The fourth-order valence-electron chi connectivity index (χ4n) is 4.54. The summed E-state index contributed by atoms with van der Waals surface area (Å²) >= 11 is 0. The van der Waals surface area contributed by atoms with Gasteiger partial charge in [0.1, 0.15) is 0 Å². The Labute approximate surface area is 170 Å². The number of guanidine groups is 1. The zero-order valence-electron chi connectivity index (χ0n) is 16.3. The maximum absolute atomic E-state index is 5.95. The van der Waals surface area contributed by atoms with Gasteiger partial charge < -0.3 is 20.3 Å². The molecular formula is C18H36IN5O. The number of aliphatic imine (C=N–C) groups is 1. The minimum absolute atomic E-state index is 0. The number of rotatable bonds is 5. The molecule has 25 heavy (non-hydrogen) atoms. The van der Waals surface area contributed by atoms with Crippen LogP contribution >= 0.6 is 24.0 Å². The number of nitrogens with zero attached hydrogens (tertiary/aromatic N) is 3. The summed E-state index contributed by atoms with van der Waals surface area (Å²) in [4.78, 5) is 9.31. The van der Waals surface area contributed by atoms with Gasteiger partial charge in [-0.2, -0.15) is 0 Å². The van der Waals surface area contributed by atoms with E-state index in [0.717, 1.165) is 45.2 Å². The van der Waals surface area contributed by atoms with E-state index >= 15 is 0 Å². The molecule has 1 aliphatic heterocycles. The molecule has 0 aromatic carbocycles. The molecule has 0 radical (unpaired) electrons. The van der Waals surface area contributed by atoms with Gasteiger partial charge in [0.05, 0.1) is 6.10 Å². The Balaban J connectivity index is 0.00000225. The number of piperazine rings is 1. The normalized spacial score (nSPS) is 32.5. The van der Waals surface area contributed by atoms with Crippen LogP contribution in [0.3, 0.4) is 0 Å². The van der Waals surface area contributed by atoms with Gasteiger partial charge in [-0.1, -0.05) is 6.42 Å². The van der Waals surface area contributed by atoms with Gasteiger partial charge in [0.25, 0.3) is 0 Å². The summed E-state index contributed by atoms with van der Waals surface area (Å²) in [5.74, 6) is 0.947. The predicted octanol–water partition coefficient (Wildman–Crippen LogP) is 1.36. The first-order valence-electron chi connectivity index (χ1n) is 9.56. The Kier molecular flexibility index (Phi) is 7.79. The van der Waals surface area contributed by atoms with Crippen LogP contribution in [0.15, 0.2) is 4.99 Å². The minimum atomic E-state index is 0. The molecule has 7 heteroatoms. The van der Waals surface area contributed by atoms with Crippen molar-refractivity contribution in [2.75, 3.05) is 53.9 Å². The fourth-order valence-corrected chi connectivity index (χ4v) is 4.54. The van der Waals surface area contributed by atoms with Crippen LogP contribution in [0.5, 0.6) is 0 Å². The van der Waals surface area contributed by atoms with Crippen LogP contribution in [0.2, 0.25) is 0 Å². The highest BCUT2D eigenvalue weighted by Crippen LogP contribution is 2.57. The molecule has 6 nitrogen and oxygen atoms in total. The summed E-state index contributed by atoms with van der Waals surface area (Å²) in [5, 5.41) is 7.23. The highest BCUT2D eigenvalue weighted by atomic mass is 127. The van der Waals surface area contributed by atoms with Crippen molar-refractivity contribution in [1.82, 2.24) is 20.4 Å². The van der Waals surface area contributed by atoms with E-state index in [4.69, 9.17) is 4.74 Å². The van der Waals surface area contributed by atoms with Gasteiger partial charge in [0, 0.05) is 57.3 Å². The SMILES string of the molecule is CCOC1CC(NC(=NC)NCC2CN(C)CCN2C)C12CCC2.I. The molecule has 0 amide bonds. The van der Waals surface area contributed by atoms with Gasteiger partial charge in [-0.15, -0.1) is 24.0 Å². The Morgan fingerprint density at radius 3 is 2.64 bits per heavy atom. The Morgan fingerprint density at radius 2 is 2.04 bits per heavy atom. The molecule has 3 atom stereocenters. The van der Waals surface area contributed by atoms with Crippen LogP contribution in [-0.4, -0.2) is 87.9 Å². The third-order valence-corrected chi connectivity index (χ3v) is 6.46. The van der Waals surface area contributed by atoms with Gasteiger partial charge >= 0.3 is 0 Å². The number of nitrogens with one attached hydrogen (secondary N) is 2. The van der Waals surface area contributed by atoms with Crippen molar-refractivity contribution >= 4 is 29.9 Å². The average Bonchev–Trinajstić information content (AvgIpc) is 2.50. The number of hydrogen-bond donors (Lipinski definition) is 2. The second-order valence-electron chi connectivity index (χ2n) is 7.81. The first-order valence-corrected chi connectivity index (χ1v) is 9.56. The lowest BCUT2D eigenvalue weighted by atomic mass is 9.51. The summed E-state index contributed by atoms with van der Waals surface area (Å²) in [6.07, 6.45) is 5.49. The van der Waals surface area contributed by atoms with E-state index in [0.29, 0.717) is 23.6 Å². The maximum atomic E-state index is 5.95. The van der Waals surface area contributed by atoms with Crippen LogP contribution in [-0.2, 0) is 4.74 Å². The van der Waals surface area contributed by atoms with E-state index in [1.807, 2.05) is 7.05 Å². The molecule has 1 spiro atoms. The van der Waals surface area contributed by atoms with E-state index in [9.17, 15) is 0 Å². The molecule has 0 aromatic rings. The van der Waals surface area contributed by atoms with Crippen molar-refractivity contribution in [3.05, 3.63) is 0 Å². The van der Waals surface area contributed by atoms with E-state index in [1.165, 1.54) is 19.3 Å². The van der Waals surface area contributed by atoms with E-state index in [-0.39, 0.29) is 24.0 Å². The number of halogens is 1. The van der Waals surface area contributed by atoms with Crippen molar-refractivity contribution in [2.45, 2.75) is 50.8 Å². The Hall–Kier alpha value is -0.120. The second-order valence-corrected chi connectivity index (χ2v) is 7.81. The number of hydrogen-bond acceptors (Lipinski definition) is 4. The zero-order valence-corrected chi connectivity index (χ0v) is 18.6.